The van der Waals surface area contributed by atoms with E-state index in [1.54, 1.807) is 0 Å². The van der Waals surface area contributed by atoms with E-state index in [1.807, 2.05) is 0 Å². The lowest BCUT2D eigenvalue weighted by molar-refractivity contribution is 0.553. The molecule has 0 aliphatic carbocycles. The van der Waals surface area contributed by atoms with Gasteiger partial charge in [-0.25, -0.2) is 0 Å². The van der Waals surface area contributed by atoms with E-state index in [0.717, 1.165) is 19.6 Å². The van der Waals surface area contributed by atoms with E-state index in [9.17, 15) is 0 Å². The highest BCUT2D eigenvalue weighted by molar-refractivity contribution is 5.49. The fraction of sp³-hybridized carbons (Fsp3) is 0.625. The Balaban J connectivity index is 2.54. The molecule has 1 rings (SSSR count). The Morgan fingerprint density at radius 1 is 1.22 bits per heavy atom. The smallest absolute Gasteiger partial charge is 0.0371 e. The monoisotopic (exact) mass is 248 g/mol. The molecule has 0 spiro atoms. The van der Waals surface area contributed by atoms with Gasteiger partial charge in [0.15, 0.2) is 0 Å². The quantitative estimate of drug-likeness (QED) is 0.707. The molecule has 2 heteroatoms. The Morgan fingerprint density at radius 2 is 2.00 bits per heavy atom. The van der Waals surface area contributed by atoms with Crippen LogP contribution in [0.15, 0.2) is 24.3 Å². The summed E-state index contributed by atoms with van der Waals surface area (Å²) in [4.78, 5) is 2.49. The van der Waals surface area contributed by atoms with Crippen molar-refractivity contribution >= 4 is 5.69 Å². The van der Waals surface area contributed by atoms with Crippen LogP contribution in [-0.2, 0) is 0 Å². The Morgan fingerprint density at radius 3 is 2.61 bits per heavy atom. The molecule has 0 aliphatic rings. The molecule has 1 unspecified atom stereocenters. The van der Waals surface area contributed by atoms with Crippen molar-refractivity contribution < 1.29 is 0 Å². The molecule has 0 saturated carbocycles. The standard InChI is InChI=1S/C16H28N2/c1-5-11-17-12-10-15(4)18(6-2)16-9-7-8-14(3)13-16/h7-9,13,15,17H,5-6,10-12H2,1-4H3. The summed E-state index contributed by atoms with van der Waals surface area (Å²) in [5.74, 6) is 0. The first-order valence-corrected chi connectivity index (χ1v) is 7.23. The van der Waals surface area contributed by atoms with Gasteiger partial charge in [0.25, 0.3) is 0 Å². The SMILES string of the molecule is CCCNCCC(C)N(CC)c1cccc(C)c1. The van der Waals surface area contributed by atoms with E-state index in [1.165, 1.54) is 24.1 Å². The van der Waals surface area contributed by atoms with Crippen molar-refractivity contribution in [2.75, 3.05) is 24.5 Å². The molecule has 2 nitrogen and oxygen atoms in total. The highest BCUT2D eigenvalue weighted by atomic mass is 15.2. The minimum Gasteiger partial charge on any atom is -0.369 e. The molecule has 1 N–H and O–H groups in total. The number of hydrogen-bond donors (Lipinski definition) is 1. The minimum atomic E-state index is 0.584. The van der Waals surface area contributed by atoms with E-state index >= 15 is 0 Å². The lowest BCUT2D eigenvalue weighted by Crippen LogP contribution is -2.35. The fourth-order valence-electron chi connectivity index (χ4n) is 2.32. The van der Waals surface area contributed by atoms with Crippen LogP contribution in [0.25, 0.3) is 0 Å². The highest BCUT2D eigenvalue weighted by Crippen LogP contribution is 2.19. The van der Waals surface area contributed by atoms with Gasteiger partial charge in [-0.2, -0.15) is 0 Å². The molecule has 18 heavy (non-hydrogen) atoms. The van der Waals surface area contributed by atoms with Gasteiger partial charge in [-0.05, 0) is 64.4 Å². The molecule has 0 heterocycles. The van der Waals surface area contributed by atoms with Gasteiger partial charge >= 0.3 is 0 Å². The zero-order valence-electron chi connectivity index (χ0n) is 12.4. The summed E-state index contributed by atoms with van der Waals surface area (Å²) < 4.78 is 0. The first kappa shape index (κ1) is 15.0. The van der Waals surface area contributed by atoms with E-state index in [4.69, 9.17) is 0 Å². The van der Waals surface area contributed by atoms with Crippen molar-refractivity contribution in [3.05, 3.63) is 29.8 Å². The predicted octanol–water partition coefficient (Wildman–Crippen LogP) is 3.60. The lowest BCUT2D eigenvalue weighted by Gasteiger charge is -2.30. The predicted molar refractivity (Wildman–Crippen MR) is 81.4 cm³/mol. The summed E-state index contributed by atoms with van der Waals surface area (Å²) in [6, 6.07) is 9.38. The molecule has 0 aromatic heterocycles. The second-order valence-electron chi connectivity index (χ2n) is 5.01. The molecular weight excluding hydrogens is 220 g/mol. The molecule has 102 valence electrons. The van der Waals surface area contributed by atoms with Gasteiger partial charge in [-0.15, -0.1) is 0 Å². The third-order valence-electron chi connectivity index (χ3n) is 3.37. The normalized spacial score (nSPS) is 12.4. The molecule has 0 amide bonds. The average Bonchev–Trinajstić information content (AvgIpc) is 2.36. The van der Waals surface area contributed by atoms with E-state index in [0.29, 0.717) is 6.04 Å². The first-order valence-electron chi connectivity index (χ1n) is 7.23. The lowest BCUT2D eigenvalue weighted by atomic mass is 10.1. The van der Waals surface area contributed by atoms with Gasteiger partial charge in [0.2, 0.25) is 0 Å². The van der Waals surface area contributed by atoms with Crippen molar-refractivity contribution in [2.45, 2.75) is 46.6 Å². The van der Waals surface area contributed by atoms with Crippen LogP contribution in [0.3, 0.4) is 0 Å². The topological polar surface area (TPSA) is 15.3 Å². The van der Waals surface area contributed by atoms with Gasteiger partial charge in [-0.3, -0.25) is 0 Å². The van der Waals surface area contributed by atoms with E-state index in [2.05, 4.69) is 62.2 Å². The summed E-state index contributed by atoms with van der Waals surface area (Å²) in [6.07, 6.45) is 2.41. The third-order valence-corrected chi connectivity index (χ3v) is 3.37. The van der Waals surface area contributed by atoms with Crippen LogP contribution in [0.5, 0.6) is 0 Å². The van der Waals surface area contributed by atoms with Gasteiger partial charge in [0.05, 0.1) is 0 Å². The summed E-state index contributed by atoms with van der Waals surface area (Å²) in [7, 11) is 0. The molecular formula is C16H28N2. The first-order chi connectivity index (χ1) is 8.69. The molecule has 1 aromatic rings. The van der Waals surface area contributed by atoms with Gasteiger partial charge in [0, 0.05) is 18.3 Å². The number of hydrogen-bond acceptors (Lipinski definition) is 2. The molecule has 0 radical (unpaired) electrons. The summed E-state index contributed by atoms with van der Waals surface area (Å²) in [5.41, 5.74) is 2.68. The fourth-order valence-corrected chi connectivity index (χ4v) is 2.32. The van der Waals surface area contributed by atoms with E-state index in [-0.39, 0.29) is 0 Å². The van der Waals surface area contributed by atoms with Crippen molar-refractivity contribution in [2.24, 2.45) is 0 Å². The van der Waals surface area contributed by atoms with Crippen LogP contribution in [-0.4, -0.2) is 25.7 Å². The number of benzene rings is 1. The molecule has 1 atom stereocenters. The second-order valence-corrected chi connectivity index (χ2v) is 5.01. The van der Waals surface area contributed by atoms with Crippen molar-refractivity contribution in [1.82, 2.24) is 5.32 Å². The van der Waals surface area contributed by atoms with Crippen LogP contribution in [0.2, 0.25) is 0 Å². The maximum atomic E-state index is 3.48. The van der Waals surface area contributed by atoms with Crippen LogP contribution in [0.1, 0.15) is 39.2 Å². The van der Waals surface area contributed by atoms with Crippen molar-refractivity contribution in [3.8, 4) is 0 Å². The summed E-state index contributed by atoms with van der Waals surface area (Å²) in [6.45, 7) is 12.2. The molecule has 1 aromatic carbocycles. The zero-order chi connectivity index (χ0) is 13.4. The Hall–Kier alpha value is -1.02. The number of nitrogens with one attached hydrogen (secondary N) is 1. The highest BCUT2D eigenvalue weighted by Gasteiger charge is 2.12. The van der Waals surface area contributed by atoms with Crippen molar-refractivity contribution in [3.63, 3.8) is 0 Å². The van der Waals surface area contributed by atoms with Crippen LogP contribution in [0.4, 0.5) is 5.69 Å². The average molecular weight is 248 g/mol. The Labute approximate surface area is 112 Å². The second kappa shape index (κ2) is 8.15. The Bertz CT molecular complexity index is 336. The number of anilines is 1. The van der Waals surface area contributed by atoms with Crippen LogP contribution >= 0.6 is 0 Å². The summed E-state index contributed by atoms with van der Waals surface area (Å²) >= 11 is 0. The number of aryl methyl sites for hydroxylation is 1. The molecule has 0 fully saturated rings. The van der Waals surface area contributed by atoms with Gasteiger partial charge in [0.1, 0.15) is 0 Å². The maximum absolute atomic E-state index is 3.48. The summed E-state index contributed by atoms with van der Waals surface area (Å²) in [5, 5.41) is 3.48. The van der Waals surface area contributed by atoms with Crippen LogP contribution < -0.4 is 10.2 Å². The van der Waals surface area contributed by atoms with Gasteiger partial charge in [-0.1, -0.05) is 19.1 Å². The van der Waals surface area contributed by atoms with Gasteiger partial charge < -0.3 is 10.2 Å². The zero-order valence-corrected chi connectivity index (χ0v) is 12.4. The van der Waals surface area contributed by atoms with Crippen molar-refractivity contribution in [1.29, 1.82) is 0 Å². The third kappa shape index (κ3) is 4.69. The van der Waals surface area contributed by atoms with E-state index < -0.39 is 0 Å². The molecule has 0 saturated heterocycles. The molecule has 0 aliphatic heterocycles. The minimum absolute atomic E-state index is 0.584. The molecule has 0 bridgehead atoms. The number of nitrogens with zero attached hydrogens (tertiary/aromatic N) is 1. The maximum Gasteiger partial charge on any atom is 0.0371 e. The largest absolute Gasteiger partial charge is 0.369 e. The number of rotatable bonds is 8. The Kier molecular flexibility index (Phi) is 6.81. The van der Waals surface area contributed by atoms with Crippen LogP contribution in [0, 0.1) is 6.92 Å².